The summed E-state index contributed by atoms with van der Waals surface area (Å²) >= 11 is 0.500. The van der Waals surface area contributed by atoms with E-state index in [1.807, 2.05) is 54.6 Å². The summed E-state index contributed by atoms with van der Waals surface area (Å²) in [6.07, 6.45) is 0. The minimum Gasteiger partial charge on any atom is -0.295 e. The molecule has 1 aromatic heterocycles. The lowest BCUT2D eigenvalue weighted by molar-refractivity contribution is -0.164. The molecule has 4 aromatic carbocycles. The number of hydrazine groups is 1. The zero-order chi connectivity index (χ0) is 34.4. The van der Waals surface area contributed by atoms with E-state index in [9.17, 15) is 34.0 Å². The predicted molar refractivity (Wildman–Crippen MR) is 180 cm³/mol. The summed E-state index contributed by atoms with van der Waals surface area (Å²) < 4.78 is 0.313. The Bertz CT molecular complexity index is 2570. The number of aromatic nitrogens is 1. The highest BCUT2D eigenvalue weighted by Gasteiger charge is 2.59. The third-order valence-corrected chi connectivity index (χ3v) is 11.1. The smallest absolute Gasteiger partial charge is 0.293 e. The molecule has 5 aliphatic rings. The lowest BCUT2D eigenvalue weighted by Crippen LogP contribution is -2.65. The van der Waals surface area contributed by atoms with Crippen LogP contribution >= 0.6 is 11.3 Å². The van der Waals surface area contributed by atoms with Crippen molar-refractivity contribution in [2.24, 2.45) is 11.8 Å². The molecule has 0 radical (unpaired) electrons. The third kappa shape index (κ3) is 3.88. The van der Waals surface area contributed by atoms with Crippen molar-refractivity contribution in [3.05, 3.63) is 156 Å². The molecular weight excluding hydrogens is 653 g/mol. The van der Waals surface area contributed by atoms with Crippen LogP contribution in [0.1, 0.15) is 54.8 Å². The molecule has 0 saturated carbocycles. The Labute approximate surface area is 286 Å². The second-order valence-electron chi connectivity index (χ2n) is 12.5. The first-order chi connectivity index (χ1) is 24.3. The average Bonchev–Trinajstić information content (AvgIpc) is 3.61. The maximum Gasteiger partial charge on any atom is 0.293 e. The largest absolute Gasteiger partial charge is 0.295 e. The fourth-order valence-corrected chi connectivity index (χ4v) is 9.16. The first-order valence-corrected chi connectivity index (χ1v) is 16.6. The number of amides is 3. The number of ketones is 2. The standard InChI is InChI=1S/C39H22N4O6S/c40-18-26(38-42(19-10-2-1-3-11-19)32(39(49)50-38)31-33(44)24-16-8-9-17-25(24)34(31)45)36(47)43-37(48)30-28-22-14-6-4-12-20(22)27(29(30)35(46)41-43)21-13-5-7-15-23(21)28/h1-17,27-30H,(H,41,46)/b38-26+. The highest BCUT2D eigenvalue weighted by Crippen LogP contribution is 2.59. The molecule has 240 valence electrons. The van der Waals surface area contributed by atoms with Gasteiger partial charge in [-0.1, -0.05) is 102 Å². The molecule has 10 rings (SSSR count). The zero-order valence-corrected chi connectivity index (χ0v) is 26.6. The number of fused-ring (bicyclic) bond motifs is 1. The van der Waals surface area contributed by atoms with Crippen molar-refractivity contribution < 1.29 is 24.0 Å². The van der Waals surface area contributed by atoms with Gasteiger partial charge in [-0.25, -0.2) is 0 Å². The van der Waals surface area contributed by atoms with E-state index in [4.69, 9.17) is 0 Å². The van der Waals surface area contributed by atoms with Crippen LogP contribution in [0, 0.1) is 23.2 Å². The van der Waals surface area contributed by atoms with E-state index in [1.165, 1.54) is 16.7 Å². The van der Waals surface area contributed by atoms with Crippen molar-refractivity contribution in [1.82, 2.24) is 15.0 Å². The van der Waals surface area contributed by atoms with Crippen molar-refractivity contribution in [2.75, 3.05) is 0 Å². The summed E-state index contributed by atoms with van der Waals surface area (Å²) in [5.41, 5.74) is 5.79. The van der Waals surface area contributed by atoms with E-state index in [-0.39, 0.29) is 26.7 Å². The number of hydrogen-bond acceptors (Lipinski definition) is 8. The third-order valence-electron chi connectivity index (χ3n) is 10.1. The number of rotatable bonds is 2. The van der Waals surface area contributed by atoms with Gasteiger partial charge in [-0.15, -0.1) is 0 Å². The molecule has 2 bridgehead atoms. The summed E-state index contributed by atoms with van der Waals surface area (Å²) in [7, 11) is 0. The molecule has 5 aromatic rings. The molecule has 0 spiro atoms. The molecule has 2 heterocycles. The Kier molecular flexibility index (Phi) is 6.37. The van der Waals surface area contributed by atoms with Crippen LogP contribution in [0.5, 0.6) is 0 Å². The van der Waals surface area contributed by atoms with Crippen LogP contribution in [0.25, 0.3) is 16.8 Å². The van der Waals surface area contributed by atoms with Gasteiger partial charge in [0, 0.05) is 28.7 Å². The van der Waals surface area contributed by atoms with Gasteiger partial charge >= 0.3 is 0 Å². The molecule has 1 saturated heterocycles. The highest BCUT2D eigenvalue weighted by atomic mass is 32.1. The van der Waals surface area contributed by atoms with Gasteiger partial charge in [-0.2, -0.15) is 10.3 Å². The van der Waals surface area contributed by atoms with Gasteiger partial charge in [-0.05, 0) is 34.4 Å². The molecule has 11 heteroatoms. The second kappa shape index (κ2) is 10.7. The van der Waals surface area contributed by atoms with E-state index in [1.54, 1.807) is 42.5 Å². The number of nitrogens with one attached hydrogen (secondary N) is 1. The van der Waals surface area contributed by atoms with Crippen LogP contribution in [0.3, 0.4) is 0 Å². The van der Waals surface area contributed by atoms with Gasteiger partial charge < -0.3 is 0 Å². The molecule has 2 unspecified atom stereocenters. The normalized spacial score (nSPS) is 21.9. The first kappa shape index (κ1) is 29.6. The van der Waals surface area contributed by atoms with Crippen LogP contribution in [0.4, 0.5) is 0 Å². The lowest BCUT2D eigenvalue weighted by Gasteiger charge is -2.52. The van der Waals surface area contributed by atoms with Crippen molar-refractivity contribution in [3.63, 3.8) is 0 Å². The Morgan fingerprint density at radius 3 is 1.72 bits per heavy atom. The number of para-hydroxylation sites is 1. The van der Waals surface area contributed by atoms with Gasteiger partial charge in [0.25, 0.3) is 16.6 Å². The maximum absolute atomic E-state index is 14.5. The van der Waals surface area contributed by atoms with Crippen LogP contribution < -0.4 is 20.2 Å². The van der Waals surface area contributed by atoms with Crippen LogP contribution in [-0.2, 0) is 14.4 Å². The van der Waals surface area contributed by atoms with Crippen LogP contribution in [-0.4, -0.2) is 38.9 Å². The summed E-state index contributed by atoms with van der Waals surface area (Å²) in [5, 5.41) is 10.8. The van der Waals surface area contributed by atoms with E-state index >= 15 is 0 Å². The zero-order valence-electron chi connectivity index (χ0n) is 25.8. The molecule has 10 nitrogen and oxygen atoms in total. The van der Waals surface area contributed by atoms with Crippen molar-refractivity contribution in [1.29, 1.82) is 5.26 Å². The molecule has 1 fully saturated rings. The van der Waals surface area contributed by atoms with Gasteiger partial charge in [0.05, 0.1) is 17.4 Å². The summed E-state index contributed by atoms with van der Waals surface area (Å²) in [4.78, 5) is 83.8. The fraction of sp³-hybridized carbons (Fsp3) is 0.103. The summed E-state index contributed by atoms with van der Waals surface area (Å²) in [6, 6.07) is 31.7. The first-order valence-electron chi connectivity index (χ1n) is 15.8. The average molecular weight is 675 g/mol. The number of carbonyl (C=O) groups excluding carboxylic acids is 5. The number of Topliss-reactive ketones (excluding diaryl/α,β-unsaturated/α-hetero) is 2. The topological polar surface area (TPSA) is 146 Å². The second-order valence-corrected chi connectivity index (χ2v) is 13.5. The number of hydrogen-bond donors (Lipinski definition) is 1. The van der Waals surface area contributed by atoms with Gasteiger partial charge in [-0.3, -0.25) is 38.8 Å². The predicted octanol–water partition coefficient (Wildman–Crippen LogP) is 2.73. The molecule has 3 amide bonds. The molecular formula is C39H22N4O6S. The Morgan fingerprint density at radius 1 is 0.680 bits per heavy atom. The molecule has 2 atom stereocenters. The van der Waals surface area contributed by atoms with Crippen LogP contribution in [0.2, 0.25) is 0 Å². The highest BCUT2D eigenvalue weighted by molar-refractivity contribution is 7.07. The lowest BCUT2D eigenvalue weighted by atomic mass is 9.53. The number of benzene rings is 4. The van der Waals surface area contributed by atoms with E-state index in [0.717, 1.165) is 22.3 Å². The number of carbonyl (C=O) groups is 5. The number of nitrogens with zero attached hydrogens (tertiary/aromatic N) is 3. The molecule has 4 aliphatic carbocycles. The summed E-state index contributed by atoms with van der Waals surface area (Å²) in [6.45, 7) is 0. The quantitative estimate of drug-likeness (QED) is 0.303. The van der Waals surface area contributed by atoms with E-state index < -0.39 is 63.3 Å². The van der Waals surface area contributed by atoms with Crippen molar-refractivity contribution in [3.8, 4) is 11.8 Å². The number of nitriles is 1. The SMILES string of the molecule is N#C/C(C(=O)N1NC(=O)C2C3c4ccccc4C(c4ccccc43)C2C1=O)=c1\sc(=O)c(=C2C(=O)c3ccccc3C2=O)n1-c1ccccc1. The minimum absolute atomic E-state index is 0.140. The van der Waals surface area contributed by atoms with Gasteiger partial charge in [0.2, 0.25) is 5.91 Å². The Balaban J connectivity index is 1.24. The summed E-state index contributed by atoms with van der Waals surface area (Å²) in [5.74, 6) is -6.31. The Morgan fingerprint density at radius 2 is 1.18 bits per heavy atom. The molecule has 1 aliphatic heterocycles. The number of imide groups is 1. The Hall–Kier alpha value is -6.51. The maximum atomic E-state index is 14.5. The van der Waals surface area contributed by atoms with E-state index in [2.05, 4.69) is 5.43 Å². The van der Waals surface area contributed by atoms with Crippen LogP contribution in [0.15, 0.2) is 108 Å². The van der Waals surface area contributed by atoms with Crippen molar-refractivity contribution >= 4 is 51.8 Å². The monoisotopic (exact) mass is 674 g/mol. The fourth-order valence-electron chi connectivity index (χ4n) is 8.17. The van der Waals surface area contributed by atoms with E-state index in [0.29, 0.717) is 22.0 Å². The van der Waals surface area contributed by atoms with Gasteiger partial charge in [0.15, 0.2) is 17.1 Å². The van der Waals surface area contributed by atoms with Crippen molar-refractivity contribution in [2.45, 2.75) is 11.8 Å². The van der Waals surface area contributed by atoms with Gasteiger partial charge in [0.1, 0.15) is 16.1 Å². The number of thiazole rings is 1. The molecule has 1 N–H and O–H groups in total. The minimum atomic E-state index is -1.14. The molecule has 50 heavy (non-hydrogen) atoms.